The number of hydrogen-bond donors (Lipinski definition) is 1. The number of carbonyl (C=O) groups excluding carboxylic acids is 1. The second-order valence-corrected chi connectivity index (χ2v) is 6.51. The Morgan fingerprint density at radius 3 is 2.59 bits per heavy atom. The van der Waals surface area contributed by atoms with E-state index in [0.29, 0.717) is 5.69 Å². The molecule has 0 unspecified atom stereocenters. The highest BCUT2D eigenvalue weighted by molar-refractivity contribution is 5.72. The standard InChI is InChI=1S/C15H19N3O4/c1-14(2,3)22-13(21)17-9-15(10-17,7-12(19)20)18-6-4-5-11(18)8-16/h4-6H,7,9-10H2,1-3H3,(H,19,20). The average molecular weight is 305 g/mol. The summed E-state index contributed by atoms with van der Waals surface area (Å²) in [7, 11) is 0. The molecule has 1 saturated heterocycles. The largest absolute Gasteiger partial charge is 0.481 e. The van der Waals surface area contributed by atoms with Gasteiger partial charge < -0.3 is 19.3 Å². The van der Waals surface area contributed by atoms with Crippen LogP contribution in [0.2, 0.25) is 0 Å². The fourth-order valence-corrected chi connectivity index (χ4v) is 2.64. The molecule has 0 atom stereocenters. The molecule has 0 aromatic carbocycles. The van der Waals surface area contributed by atoms with Gasteiger partial charge in [-0.05, 0) is 32.9 Å². The third-order valence-electron chi connectivity index (χ3n) is 3.48. The van der Waals surface area contributed by atoms with Gasteiger partial charge in [0.05, 0.1) is 12.0 Å². The van der Waals surface area contributed by atoms with E-state index < -0.39 is 23.2 Å². The van der Waals surface area contributed by atoms with Gasteiger partial charge in [-0.15, -0.1) is 0 Å². The van der Waals surface area contributed by atoms with Crippen molar-refractivity contribution in [2.75, 3.05) is 13.1 Å². The zero-order chi connectivity index (χ0) is 16.5. The number of carboxylic acids is 1. The van der Waals surface area contributed by atoms with E-state index in [4.69, 9.17) is 15.1 Å². The lowest BCUT2D eigenvalue weighted by Crippen LogP contribution is -2.65. The van der Waals surface area contributed by atoms with Crippen LogP contribution in [0.1, 0.15) is 32.9 Å². The Morgan fingerprint density at radius 2 is 2.09 bits per heavy atom. The van der Waals surface area contributed by atoms with Crippen LogP contribution in [0.4, 0.5) is 4.79 Å². The molecule has 1 aromatic heterocycles. The second kappa shape index (κ2) is 5.37. The van der Waals surface area contributed by atoms with Crippen LogP contribution in [0.5, 0.6) is 0 Å². The van der Waals surface area contributed by atoms with E-state index in [1.807, 2.05) is 6.07 Å². The fraction of sp³-hybridized carbons (Fsp3) is 0.533. The lowest BCUT2D eigenvalue weighted by Gasteiger charge is -2.50. The van der Waals surface area contributed by atoms with Gasteiger partial charge in [0, 0.05) is 19.3 Å². The summed E-state index contributed by atoms with van der Waals surface area (Å²) in [5, 5.41) is 18.3. The molecule has 1 N–H and O–H groups in total. The second-order valence-electron chi connectivity index (χ2n) is 6.51. The van der Waals surface area contributed by atoms with Crippen molar-refractivity contribution < 1.29 is 19.4 Å². The molecule has 1 amide bonds. The molecular formula is C15H19N3O4. The predicted molar refractivity (Wildman–Crippen MR) is 77.2 cm³/mol. The van der Waals surface area contributed by atoms with E-state index >= 15 is 0 Å². The molecule has 118 valence electrons. The number of aromatic nitrogens is 1. The number of rotatable bonds is 3. The maximum atomic E-state index is 12.0. The minimum Gasteiger partial charge on any atom is -0.481 e. The van der Waals surface area contributed by atoms with Gasteiger partial charge in [0.2, 0.25) is 0 Å². The van der Waals surface area contributed by atoms with Crippen molar-refractivity contribution in [3.05, 3.63) is 24.0 Å². The Kier molecular flexibility index (Phi) is 3.88. The third-order valence-corrected chi connectivity index (χ3v) is 3.48. The van der Waals surface area contributed by atoms with Gasteiger partial charge in [0.1, 0.15) is 17.4 Å². The third kappa shape index (κ3) is 3.06. The van der Waals surface area contributed by atoms with Crippen LogP contribution in [0.3, 0.4) is 0 Å². The summed E-state index contributed by atoms with van der Waals surface area (Å²) in [5.74, 6) is -0.971. The molecule has 2 heterocycles. The fourth-order valence-electron chi connectivity index (χ4n) is 2.64. The first kappa shape index (κ1) is 15.9. The van der Waals surface area contributed by atoms with E-state index in [-0.39, 0.29) is 19.5 Å². The molecule has 1 aromatic rings. The highest BCUT2D eigenvalue weighted by Crippen LogP contribution is 2.35. The van der Waals surface area contributed by atoms with Crippen molar-refractivity contribution >= 4 is 12.1 Å². The molecule has 2 rings (SSSR count). The van der Waals surface area contributed by atoms with Crippen molar-refractivity contribution in [1.29, 1.82) is 5.26 Å². The lowest BCUT2D eigenvalue weighted by molar-refractivity contribution is -0.142. The van der Waals surface area contributed by atoms with Crippen LogP contribution in [0, 0.1) is 11.3 Å². The van der Waals surface area contributed by atoms with Crippen molar-refractivity contribution in [2.24, 2.45) is 0 Å². The summed E-state index contributed by atoms with van der Waals surface area (Å²) in [4.78, 5) is 24.7. The maximum Gasteiger partial charge on any atom is 0.410 e. The topological polar surface area (TPSA) is 95.6 Å². The molecule has 0 saturated carbocycles. The number of carbonyl (C=O) groups is 2. The summed E-state index contributed by atoms with van der Waals surface area (Å²) in [6, 6.07) is 5.36. The molecule has 1 fully saturated rings. The quantitative estimate of drug-likeness (QED) is 0.918. The van der Waals surface area contributed by atoms with Gasteiger partial charge in [-0.25, -0.2) is 4.79 Å². The SMILES string of the molecule is CC(C)(C)OC(=O)N1CC(CC(=O)O)(n2cccc2C#N)C1. The van der Waals surface area contributed by atoms with Crippen LogP contribution in [-0.2, 0) is 15.1 Å². The Hall–Kier alpha value is -2.49. The highest BCUT2D eigenvalue weighted by Gasteiger charge is 2.49. The van der Waals surface area contributed by atoms with Gasteiger partial charge in [-0.3, -0.25) is 4.79 Å². The van der Waals surface area contributed by atoms with E-state index in [1.54, 1.807) is 43.7 Å². The number of carboxylic acid groups (broad SMARTS) is 1. The number of ether oxygens (including phenoxy) is 1. The first-order chi connectivity index (χ1) is 10.2. The molecule has 7 heteroatoms. The van der Waals surface area contributed by atoms with Gasteiger partial charge in [-0.2, -0.15) is 5.26 Å². The smallest absolute Gasteiger partial charge is 0.410 e. The van der Waals surface area contributed by atoms with Crippen molar-refractivity contribution in [2.45, 2.75) is 38.3 Å². The van der Waals surface area contributed by atoms with Crippen molar-refractivity contribution in [1.82, 2.24) is 9.47 Å². The van der Waals surface area contributed by atoms with Gasteiger partial charge in [-0.1, -0.05) is 0 Å². The summed E-state index contributed by atoms with van der Waals surface area (Å²) < 4.78 is 6.92. The Balaban J connectivity index is 2.18. The summed E-state index contributed by atoms with van der Waals surface area (Å²) in [6.45, 7) is 5.73. The summed E-state index contributed by atoms with van der Waals surface area (Å²) in [6.07, 6.45) is 1.04. The first-order valence-corrected chi connectivity index (χ1v) is 6.94. The molecule has 22 heavy (non-hydrogen) atoms. The van der Waals surface area contributed by atoms with Crippen LogP contribution < -0.4 is 0 Å². The zero-order valence-corrected chi connectivity index (χ0v) is 12.9. The number of likely N-dealkylation sites (tertiary alicyclic amines) is 1. The molecule has 0 aliphatic carbocycles. The molecule has 1 aliphatic heterocycles. The predicted octanol–water partition coefficient (Wildman–Crippen LogP) is 1.78. The number of amides is 1. The van der Waals surface area contributed by atoms with Gasteiger partial charge >= 0.3 is 12.1 Å². The molecule has 1 aliphatic rings. The van der Waals surface area contributed by atoms with E-state index in [9.17, 15) is 9.59 Å². The van der Waals surface area contributed by atoms with E-state index in [1.165, 1.54) is 4.90 Å². The molecule has 0 spiro atoms. The number of hydrogen-bond acceptors (Lipinski definition) is 4. The van der Waals surface area contributed by atoms with Crippen LogP contribution in [-0.4, -0.2) is 45.3 Å². The van der Waals surface area contributed by atoms with Gasteiger partial charge in [0.15, 0.2) is 0 Å². The van der Waals surface area contributed by atoms with Crippen LogP contribution >= 0.6 is 0 Å². The van der Waals surface area contributed by atoms with Gasteiger partial charge in [0.25, 0.3) is 0 Å². The van der Waals surface area contributed by atoms with Crippen molar-refractivity contribution in [3.63, 3.8) is 0 Å². The summed E-state index contributed by atoms with van der Waals surface area (Å²) >= 11 is 0. The maximum absolute atomic E-state index is 12.0. The molecule has 0 radical (unpaired) electrons. The Labute approximate surface area is 128 Å². The monoisotopic (exact) mass is 305 g/mol. The zero-order valence-electron chi connectivity index (χ0n) is 12.9. The number of nitrogens with zero attached hydrogens (tertiary/aromatic N) is 3. The molecular weight excluding hydrogens is 286 g/mol. The van der Waals surface area contributed by atoms with E-state index in [0.717, 1.165) is 0 Å². The average Bonchev–Trinajstić information content (AvgIpc) is 2.78. The highest BCUT2D eigenvalue weighted by atomic mass is 16.6. The van der Waals surface area contributed by atoms with Crippen molar-refractivity contribution in [3.8, 4) is 6.07 Å². The minimum absolute atomic E-state index is 0.157. The number of nitriles is 1. The minimum atomic E-state index is -0.971. The molecule has 7 nitrogen and oxygen atoms in total. The summed E-state index contributed by atoms with van der Waals surface area (Å²) in [5.41, 5.74) is -1.02. The Bertz CT molecular complexity index is 630. The first-order valence-electron chi connectivity index (χ1n) is 6.94. The van der Waals surface area contributed by atoms with Crippen LogP contribution in [0.25, 0.3) is 0 Å². The molecule has 0 bridgehead atoms. The number of aliphatic carboxylic acids is 1. The Morgan fingerprint density at radius 1 is 1.45 bits per heavy atom. The van der Waals surface area contributed by atoms with E-state index in [2.05, 4.69) is 0 Å². The normalized spacial score (nSPS) is 16.5. The lowest BCUT2D eigenvalue weighted by atomic mass is 9.86. The van der Waals surface area contributed by atoms with Crippen LogP contribution in [0.15, 0.2) is 18.3 Å².